The van der Waals surface area contributed by atoms with E-state index in [2.05, 4.69) is 17.4 Å². The first-order valence-electron chi connectivity index (χ1n) is 2.24. The highest BCUT2D eigenvalue weighted by molar-refractivity contribution is 4.51. The molecule has 0 saturated heterocycles. The quantitative estimate of drug-likeness (QED) is 0.373. The number of rotatable bonds is 1. The third kappa shape index (κ3) is 174. The van der Waals surface area contributed by atoms with E-state index >= 15 is 0 Å². The summed E-state index contributed by atoms with van der Waals surface area (Å²) in [5.41, 5.74) is 5.36. The first kappa shape index (κ1) is 9.83. The lowest BCUT2D eigenvalue weighted by Crippen LogP contribution is -2.21. The van der Waals surface area contributed by atoms with E-state index in [1.807, 2.05) is 21.0 Å². The molecule has 2 heteroatoms. The molecular weight excluding hydrogens is 88.1 g/mol. The SMILES string of the molecule is C=CC.CNNC. The van der Waals surface area contributed by atoms with Crippen molar-refractivity contribution in [2.75, 3.05) is 14.1 Å². The van der Waals surface area contributed by atoms with Crippen LogP contribution in [0, 0.1) is 0 Å². The van der Waals surface area contributed by atoms with E-state index in [4.69, 9.17) is 0 Å². The molecule has 44 valence electrons. The van der Waals surface area contributed by atoms with Gasteiger partial charge >= 0.3 is 0 Å². The van der Waals surface area contributed by atoms with Crippen molar-refractivity contribution >= 4 is 0 Å². The van der Waals surface area contributed by atoms with Gasteiger partial charge in [0, 0.05) is 0 Å². The maximum absolute atomic E-state index is 3.36. The summed E-state index contributed by atoms with van der Waals surface area (Å²) < 4.78 is 0. The van der Waals surface area contributed by atoms with Crippen LogP contribution in [0.1, 0.15) is 6.92 Å². The first-order chi connectivity index (χ1) is 3.33. The fourth-order valence-corrected chi connectivity index (χ4v) is 0. The predicted octanol–water partition coefficient (Wildman–Crippen LogP) is 0.532. The van der Waals surface area contributed by atoms with Gasteiger partial charge in [0.1, 0.15) is 0 Å². The summed E-state index contributed by atoms with van der Waals surface area (Å²) in [6, 6.07) is 0. The molecule has 0 fully saturated rings. The fourth-order valence-electron chi connectivity index (χ4n) is 0. The van der Waals surface area contributed by atoms with Crippen molar-refractivity contribution in [3.05, 3.63) is 12.7 Å². The molecule has 0 saturated carbocycles. The Balaban J connectivity index is 0. The van der Waals surface area contributed by atoms with E-state index in [1.54, 1.807) is 6.08 Å². The second-order valence-corrected chi connectivity index (χ2v) is 0.908. The molecule has 0 aromatic rings. The molecule has 0 aromatic heterocycles. The van der Waals surface area contributed by atoms with Gasteiger partial charge in [-0.3, -0.25) is 10.9 Å². The Kier molecular flexibility index (Phi) is 24.4. The Bertz CT molecular complexity index is 25.3. The van der Waals surface area contributed by atoms with E-state index in [1.165, 1.54) is 0 Å². The summed E-state index contributed by atoms with van der Waals surface area (Å²) in [6.07, 6.45) is 1.75. The molecule has 0 unspecified atom stereocenters. The molecule has 0 rings (SSSR count). The van der Waals surface area contributed by atoms with Crippen molar-refractivity contribution in [2.45, 2.75) is 6.92 Å². The lowest BCUT2D eigenvalue weighted by Gasteiger charge is -1.81. The van der Waals surface area contributed by atoms with Crippen molar-refractivity contribution in [1.82, 2.24) is 10.9 Å². The Morgan fingerprint density at radius 3 is 1.43 bits per heavy atom. The maximum Gasteiger partial charge on any atom is -0.00150 e. The smallest absolute Gasteiger partial charge is 0.00150 e. The zero-order valence-corrected chi connectivity index (χ0v) is 5.28. The number of hydrazine groups is 1. The molecule has 0 atom stereocenters. The van der Waals surface area contributed by atoms with Crippen molar-refractivity contribution < 1.29 is 0 Å². The second-order valence-electron chi connectivity index (χ2n) is 0.908. The highest BCUT2D eigenvalue weighted by atomic mass is 15.3. The highest BCUT2D eigenvalue weighted by Gasteiger charge is 1.44. The van der Waals surface area contributed by atoms with Crippen molar-refractivity contribution in [3.8, 4) is 0 Å². The number of hydrogen-bond donors (Lipinski definition) is 2. The molecule has 0 aliphatic carbocycles. The van der Waals surface area contributed by atoms with Crippen LogP contribution in [0.4, 0.5) is 0 Å². The minimum atomic E-state index is 1.75. The molecule has 0 heterocycles. The summed E-state index contributed by atoms with van der Waals surface area (Å²) >= 11 is 0. The summed E-state index contributed by atoms with van der Waals surface area (Å²) in [6.45, 7) is 5.25. The average molecular weight is 102 g/mol. The van der Waals surface area contributed by atoms with Gasteiger partial charge in [-0.25, -0.2) is 0 Å². The van der Waals surface area contributed by atoms with Gasteiger partial charge in [-0.05, 0) is 21.0 Å². The van der Waals surface area contributed by atoms with Gasteiger partial charge in [-0.2, -0.15) is 0 Å². The van der Waals surface area contributed by atoms with Crippen LogP contribution in [0.5, 0.6) is 0 Å². The Morgan fingerprint density at radius 1 is 1.29 bits per heavy atom. The lowest BCUT2D eigenvalue weighted by atomic mass is 10.8. The largest absolute Gasteiger partial charge is 0.261 e. The van der Waals surface area contributed by atoms with Crippen LogP contribution in [0.15, 0.2) is 12.7 Å². The van der Waals surface area contributed by atoms with Gasteiger partial charge in [0.05, 0.1) is 0 Å². The van der Waals surface area contributed by atoms with E-state index in [0.717, 1.165) is 0 Å². The molecule has 2 N–H and O–H groups in total. The van der Waals surface area contributed by atoms with E-state index in [-0.39, 0.29) is 0 Å². The highest BCUT2D eigenvalue weighted by Crippen LogP contribution is 1.38. The Morgan fingerprint density at radius 2 is 1.43 bits per heavy atom. The van der Waals surface area contributed by atoms with Crippen LogP contribution in [0.2, 0.25) is 0 Å². The molecule has 0 aliphatic heterocycles. The summed E-state index contributed by atoms with van der Waals surface area (Å²) in [7, 11) is 3.64. The van der Waals surface area contributed by atoms with Crippen LogP contribution in [-0.4, -0.2) is 14.1 Å². The van der Waals surface area contributed by atoms with Crippen LogP contribution in [-0.2, 0) is 0 Å². The molecule has 2 nitrogen and oxygen atoms in total. The minimum absolute atomic E-state index is 1.75. The van der Waals surface area contributed by atoms with E-state index < -0.39 is 0 Å². The lowest BCUT2D eigenvalue weighted by molar-refractivity contribution is 0.689. The molecule has 0 spiro atoms. The van der Waals surface area contributed by atoms with E-state index in [0.29, 0.717) is 0 Å². The molecule has 0 aromatic carbocycles. The normalized spacial score (nSPS) is 6.14. The third-order valence-electron chi connectivity index (χ3n) is 0.250. The fraction of sp³-hybridized carbons (Fsp3) is 0.600. The minimum Gasteiger partial charge on any atom is -0.261 e. The van der Waals surface area contributed by atoms with Gasteiger partial charge in [0.15, 0.2) is 0 Å². The van der Waals surface area contributed by atoms with Crippen molar-refractivity contribution in [2.24, 2.45) is 0 Å². The van der Waals surface area contributed by atoms with Gasteiger partial charge in [0.2, 0.25) is 0 Å². The van der Waals surface area contributed by atoms with Gasteiger partial charge in [0.25, 0.3) is 0 Å². The molecule has 7 heavy (non-hydrogen) atoms. The van der Waals surface area contributed by atoms with Crippen LogP contribution >= 0.6 is 0 Å². The van der Waals surface area contributed by atoms with Gasteiger partial charge < -0.3 is 0 Å². The molecule has 0 bridgehead atoms. The zero-order valence-electron chi connectivity index (χ0n) is 5.28. The summed E-state index contributed by atoms with van der Waals surface area (Å²) in [4.78, 5) is 0. The van der Waals surface area contributed by atoms with Crippen LogP contribution in [0.3, 0.4) is 0 Å². The van der Waals surface area contributed by atoms with Crippen LogP contribution in [0.25, 0.3) is 0 Å². The maximum atomic E-state index is 3.36. The number of hydrogen-bond acceptors (Lipinski definition) is 2. The Labute approximate surface area is 45.6 Å². The predicted molar refractivity (Wildman–Crippen MR) is 34.0 cm³/mol. The molecule has 0 amide bonds. The van der Waals surface area contributed by atoms with Gasteiger partial charge in [-0.1, -0.05) is 6.08 Å². The standard InChI is InChI=1S/C3H6.C2H8N2/c1-3-2;1-3-4-2/h3H,1H2,2H3;3-4H,1-2H3. The van der Waals surface area contributed by atoms with Crippen molar-refractivity contribution in [3.63, 3.8) is 0 Å². The first-order valence-corrected chi connectivity index (χ1v) is 2.24. The average Bonchev–Trinajstić information content (AvgIpc) is 1.69. The summed E-state index contributed by atoms with van der Waals surface area (Å²) in [5.74, 6) is 0. The molecular formula is C5H14N2. The molecule has 0 aliphatic rings. The van der Waals surface area contributed by atoms with Gasteiger partial charge in [-0.15, -0.1) is 6.58 Å². The monoisotopic (exact) mass is 102 g/mol. The second kappa shape index (κ2) is 17.4. The zero-order chi connectivity index (χ0) is 6.12. The summed E-state index contributed by atoms with van der Waals surface area (Å²) in [5, 5.41) is 0. The number of nitrogens with one attached hydrogen (secondary N) is 2. The van der Waals surface area contributed by atoms with Crippen molar-refractivity contribution in [1.29, 1.82) is 0 Å². The topological polar surface area (TPSA) is 24.1 Å². The van der Waals surface area contributed by atoms with E-state index in [9.17, 15) is 0 Å². The third-order valence-corrected chi connectivity index (χ3v) is 0.250. The Hall–Kier alpha value is -0.340. The molecule has 0 radical (unpaired) electrons. The number of allylic oxidation sites excluding steroid dienone is 1. The van der Waals surface area contributed by atoms with Crippen LogP contribution < -0.4 is 10.9 Å².